The Bertz CT molecular complexity index is 125. The van der Waals surface area contributed by atoms with E-state index in [1.54, 1.807) is 13.8 Å². The van der Waals surface area contributed by atoms with Gasteiger partial charge in [0.1, 0.15) is 0 Å². The van der Waals surface area contributed by atoms with Crippen molar-refractivity contribution in [1.82, 2.24) is 0 Å². The molecule has 0 aromatic carbocycles. The first-order valence-electron chi connectivity index (χ1n) is 3.35. The van der Waals surface area contributed by atoms with E-state index in [1.165, 1.54) is 6.92 Å². The van der Waals surface area contributed by atoms with Crippen LogP contribution in [0.2, 0.25) is 0 Å². The molecule has 0 aliphatic rings. The van der Waals surface area contributed by atoms with Gasteiger partial charge in [0, 0.05) is 11.9 Å². The molecule has 0 heterocycles. The number of aliphatic carboxylic acids is 1. The molecule has 0 aliphatic carbocycles. The molecular weight excluding hydrogens is 139 g/mol. The van der Waals surface area contributed by atoms with Crippen LogP contribution in [0.15, 0.2) is 0 Å². The van der Waals surface area contributed by atoms with E-state index in [1.807, 2.05) is 0 Å². The number of carboxylic acids is 1. The number of carbonyl (C=O) groups is 1. The molecule has 0 aromatic heterocycles. The Hall–Kier alpha value is 0.0274. The molecule has 0 aliphatic heterocycles. The van der Waals surface area contributed by atoms with Crippen LogP contribution in [0.4, 0.5) is 0 Å². The van der Waals surface area contributed by atoms with Crippen molar-refractivity contribution in [2.45, 2.75) is 26.9 Å². The fraction of sp³-hybridized carbons (Fsp3) is 0.857. The predicted octanol–water partition coefficient (Wildman–Crippen LogP) is -3.61. The van der Waals surface area contributed by atoms with Crippen molar-refractivity contribution in [3.63, 3.8) is 0 Å². The smallest absolute Gasteiger partial charge is 0.550 e. The molecule has 11 heavy (non-hydrogen) atoms. The molecule has 0 rings (SSSR count). The molecule has 0 saturated heterocycles. The maximum Gasteiger partial charge on any atom is 1.00 e. The normalized spacial score (nSPS) is 17.8. The van der Waals surface area contributed by atoms with Crippen LogP contribution in [-0.2, 0) is 4.79 Å². The van der Waals surface area contributed by atoms with Gasteiger partial charge in [0.25, 0.3) is 0 Å². The topological polar surface area (TPSA) is 60.4 Å². The van der Waals surface area contributed by atoms with Gasteiger partial charge in [-0.25, -0.2) is 0 Å². The zero-order chi connectivity index (χ0) is 8.31. The van der Waals surface area contributed by atoms with Gasteiger partial charge in [0.05, 0.1) is 6.10 Å². The minimum atomic E-state index is -1.10. The van der Waals surface area contributed by atoms with Crippen molar-refractivity contribution in [2.24, 2.45) is 11.8 Å². The second-order valence-corrected chi connectivity index (χ2v) is 2.71. The molecule has 0 saturated carbocycles. The first kappa shape index (κ1) is 13.6. The quantitative estimate of drug-likeness (QED) is 0.425. The number of rotatable bonds is 3. The number of aliphatic hydroxyl groups excluding tert-OH is 1. The summed E-state index contributed by atoms with van der Waals surface area (Å²) < 4.78 is 0. The van der Waals surface area contributed by atoms with Crippen molar-refractivity contribution in [1.29, 1.82) is 0 Å². The van der Waals surface area contributed by atoms with Crippen molar-refractivity contribution in [3.8, 4) is 0 Å². The van der Waals surface area contributed by atoms with Gasteiger partial charge in [-0.15, -0.1) is 0 Å². The number of hydrogen-bond acceptors (Lipinski definition) is 3. The van der Waals surface area contributed by atoms with Crippen LogP contribution < -0.4 is 24.0 Å². The molecular formula is C7H13LiO3. The first-order chi connectivity index (χ1) is 4.46. The minimum absolute atomic E-state index is 0. The van der Waals surface area contributed by atoms with Crippen LogP contribution in [0.1, 0.15) is 20.8 Å². The molecule has 0 radical (unpaired) electrons. The van der Waals surface area contributed by atoms with Crippen LogP contribution in [0.3, 0.4) is 0 Å². The summed E-state index contributed by atoms with van der Waals surface area (Å²) in [4.78, 5) is 10.2. The molecule has 0 fully saturated rings. The summed E-state index contributed by atoms with van der Waals surface area (Å²) in [6.45, 7) is 4.79. The molecule has 3 atom stereocenters. The average Bonchev–Trinajstić information content (AvgIpc) is 1.84. The maximum atomic E-state index is 10.2. The number of aliphatic hydroxyl groups is 1. The molecule has 0 aromatic rings. The second-order valence-electron chi connectivity index (χ2n) is 2.71. The monoisotopic (exact) mass is 152 g/mol. The number of carbonyl (C=O) groups excluding carboxylic acids is 1. The first-order valence-corrected chi connectivity index (χ1v) is 3.35. The van der Waals surface area contributed by atoms with Gasteiger partial charge in [0.2, 0.25) is 0 Å². The number of hydrogen-bond donors (Lipinski definition) is 1. The van der Waals surface area contributed by atoms with Crippen molar-refractivity contribution >= 4 is 5.97 Å². The Labute approximate surface area is 79.0 Å². The zero-order valence-corrected chi connectivity index (χ0v) is 7.50. The Morgan fingerprint density at radius 2 is 1.73 bits per heavy atom. The van der Waals surface area contributed by atoms with E-state index in [4.69, 9.17) is 5.11 Å². The van der Waals surface area contributed by atoms with Crippen LogP contribution in [-0.4, -0.2) is 17.2 Å². The average molecular weight is 152 g/mol. The Morgan fingerprint density at radius 1 is 1.36 bits per heavy atom. The van der Waals surface area contributed by atoms with Gasteiger partial charge in [0.15, 0.2) is 0 Å². The van der Waals surface area contributed by atoms with Crippen molar-refractivity contribution < 1.29 is 33.9 Å². The number of carboxylic acid groups (broad SMARTS) is 1. The van der Waals surface area contributed by atoms with Crippen LogP contribution in [0, 0.1) is 11.8 Å². The molecule has 3 nitrogen and oxygen atoms in total. The van der Waals surface area contributed by atoms with Gasteiger partial charge in [-0.05, 0) is 12.8 Å². The molecule has 60 valence electrons. The SMILES string of the molecule is C[C@@H]([C@H](C)O)[C@H](C)C(=O)[O-].[Li+]. The third-order valence-corrected chi connectivity index (χ3v) is 1.92. The summed E-state index contributed by atoms with van der Waals surface area (Å²) in [7, 11) is 0. The summed E-state index contributed by atoms with van der Waals surface area (Å²) >= 11 is 0. The summed E-state index contributed by atoms with van der Waals surface area (Å²) in [6, 6.07) is 0. The molecule has 0 unspecified atom stereocenters. The second kappa shape index (κ2) is 5.65. The minimum Gasteiger partial charge on any atom is -0.550 e. The van der Waals surface area contributed by atoms with Gasteiger partial charge in [-0.2, -0.15) is 0 Å². The Kier molecular flexibility index (Phi) is 6.99. The maximum absolute atomic E-state index is 10.2. The van der Waals surface area contributed by atoms with E-state index in [2.05, 4.69) is 0 Å². The van der Waals surface area contributed by atoms with E-state index in [0.717, 1.165) is 0 Å². The largest absolute Gasteiger partial charge is 1.00 e. The zero-order valence-electron chi connectivity index (χ0n) is 7.50. The molecule has 1 N–H and O–H groups in total. The third-order valence-electron chi connectivity index (χ3n) is 1.92. The summed E-state index contributed by atoms with van der Waals surface area (Å²) in [6.07, 6.45) is -0.590. The van der Waals surface area contributed by atoms with Crippen LogP contribution in [0.25, 0.3) is 0 Å². The van der Waals surface area contributed by atoms with E-state index < -0.39 is 18.0 Å². The van der Waals surface area contributed by atoms with E-state index in [9.17, 15) is 9.90 Å². The van der Waals surface area contributed by atoms with E-state index in [0.29, 0.717) is 0 Å². The third kappa shape index (κ3) is 4.47. The van der Waals surface area contributed by atoms with Crippen molar-refractivity contribution in [3.05, 3.63) is 0 Å². The standard InChI is InChI=1S/C7H14O3.Li/c1-4(6(3)8)5(2)7(9)10;/h4-6,8H,1-3H3,(H,9,10);/q;+1/p-1/t4-,5+,6+;/m1./s1. The Morgan fingerprint density at radius 3 is 1.82 bits per heavy atom. The molecule has 4 heteroatoms. The molecule has 0 bridgehead atoms. The van der Waals surface area contributed by atoms with Gasteiger partial charge < -0.3 is 15.0 Å². The van der Waals surface area contributed by atoms with Crippen LogP contribution >= 0.6 is 0 Å². The van der Waals surface area contributed by atoms with Crippen LogP contribution in [0.5, 0.6) is 0 Å². The summed E-state index contributed by atoms with van der Waals surface area (Å²) in [5.41, 5.74) is 0. The summed E-state index contributed by atoms with van der Waals surface area (Å²) in [5, 5.41) is 19.2. The van der Waals surface area contributed by atoms with E-state index in [-0.39, 0.29) is 24.8 Å². The predicted molar refractivity (Wildman–Crippen MR) is 35.0 cm³/mol. The fourth-order valence-corrected chi connectivity index (χ4v) is 0.632. The van der Waals surface area contributed by atoms with Gasteiger partial charge in [-0.1, -0.05) is 13.8 Å². The van der Waals surface area contributed by atoms with Crippen molar-refractivity contribution in [2.75, 3.05) is 0 Å². The summed E-state index contributed by atoms with van der Waals surface area (Å²) in [5.74, 6) is -1.93. The van der Waals surface area contributed by atoms with Gasteiger partial charge >= 0.3 is 18.9 Å². The van der Waals surface area contributed by atoms with E-state index >= 15 is 0 Å². The Balaban J connectivity index is 0. The fourth-order valence-electron chi connectivity index (χ4n) is 0.632. The van der Waals surface area contributed by atoms with Gasteiger partial charge in [-0.3, -0.25) is 0 Å². The molecule has 0 amide bonds. The molecule has 0 spiro atoms.